The van der Waals surface area contributed by atoms with Gasteiger partial charge in [-0.05, 0) is 30.7 Å². The first kappa shape index (κ1) is 22.2. The molecule has 0 radical (unpaired) electrons. The van der Waals surface area contributed by atoms with Crippen molar-refractivity contribution in [2.75, 3.05) is 13.2 Å². The molecule has 0 aliphatic carbocycles. The Morgan fingerprint density at radius 2 is 2.07 bits per heavy atom. The first-order valence-electron chi connectivity index (χ1n) is 8.96. The standard InChI is InChI=1S/C20H18ClF4N3O2/c1-19(10-30-5-4-17(26)28-19)13-6-11(2-3-15(13)22)7-16(29)18-14(21)8-12(9-27-18)20(23,24)25/h2-3,6,8-9H,4-5,7,10H2,1H3,(H2,26,28)/t19-/m0/s1. The third-order valence-electron chi connectivity index (χ3n) is 4.68. The quantitative estimate of drug-likeness (QED) is 0.564. The third kappa shape index (κ3) is 4.79. The van der Waals surface area contributed by atoms with Crippen LogP contribution < -0.4 is 5.73 Å². The molecule has 30 heavy (non-hydrogen) atoms. The summed E-state index contributed by atoms with van der Waals surface area (Å²) in [5.74, 6) is -0.811. The average molecular weight is 444 g/mol. The summed E-state index contributed by atoms with van der Waals surface area (Å²) in [6, 6.07) is 4.72. The van der Waals surface area contributed by atoms with E-state index in [0.29, 0.717) is 36.7 Å². The van der Waals surface area contributed by atoms with Gasteiger partial charge < -0.3 is 10.5 Å². The maximum absolute atomic E-state index is 14.5. The van der Waals surface area contributed by atoms with Gasteiger partial charge in [-0.25, -0.2) is 4.39 Å². The van der Waals surface area contributed by atoms with Crippen LogP contribution in [0, 0.1) is 5.82 Å². The molecule has 0 amide bonds. The Hall–Kier alpha value is -2.52. The zero-order valence-electron chi connectivity index (χ0n) is 15.9. The van der Waals surface area contributed by atoms with Crippen LogP contribution >= 0.6 is 11.6 Å². The minimum atomic E-state index is -4.62. The van der Waals surface area contributed by atoms with Gasteiger partial charge in [0, 0.05) is 24.6 Å². The van der Waals surface area contributed by atoms with E-state index in [-0.39, 0.29) is 24.3 Å². The first-order valence-corrected chi connectivity index (χ1v) is 9.34. The molecular weight excluding hydrogens is 426 g/mol. The van der Waals surface area contributed by atoms with Crippen LogP contribution in [0.3, 0.4) is 0 Å². The summed E-state index contributed by atoms with van der Waals surface area (Å²) in [7, 11) is 0. The summed E-state index contributed by atoms with van der Waals surface area (Å²) < 4.78 is 58.3. The van der Waals surface area contributed by atoms with Crippen molar-refractivity contribution in [3.05, 3.63) is 63.7 Å². The normalized spacial score (nSPS) is 19.9. The second kappa shape index (κ2) is 8.31. The number of benzene rings is 1. The Morgan fingerprint density at radius 1 is 1.33 bits per heavy atom. The Balaban J connectivity index is 1.89. The monoisotopic (exact) mass is 443 g/mol. The van der Waals surface area contributed by atoms with Gasteiger partial charge in [-0.1, -0.05) is 17.7 Å². The van der Waals surface area contributed by atoms with Crippen LogP contribution in [0.15, 0.2) is 35.5 Å². The Bertz CT molecular complexity index is 1010. The number of aromatic nitrogens is 1. The van der Waals surface area contributed by atoms with Gasteiger partial charge >= 0.3 is 6.18 Å². The highest BCUT2D eigenvalue weighted by Crippen LogP contribution is 2.33. The van der Waals surface area contributed by atoms with Gasteiger partial charge in [0.15, 0.2) is 5.78 Å². The number of hydrogen-bond donors (Lipinski definition) is 1. The predicted molar refractivity (Wildman–Crippen MR) is 103 cm³/mol. The number of nitrogens with zero attached hydrogens (tertiary/aromatic N) is 2. The molecule has 3 rings (SSSR count). The van der Waals surface area contributed by atoms with Crippen molar-refractivity contribution < 1.29 is 27.1 Å². The number of aliphatic imine (C=N–C) groups is 1. The van der Waals surface area contributed by atoms with E-state index in [1.165, 1.54) is 18.2 Å². The number of hydrogen-bond acceptors (Lipinski definition) is 5. The minimum absolute atomic E-state index is 0.105. The van der Waals surface area contributed by atoms with E-state index in [9.17, 15) is 22.4 Å². The molecule has 1 aromatic carbocycles. The van der Waals surface area contributed by atoms with E-state index < -0.39 is 33.9 Å². The van der Waals surface area contributed by atoms with E-state index in [0.717, 1.165) is 0 Å². The topological polar surface area (TPSA) is 77.6 Å². The fraction of sp³-hybridized carbons (Fsp3) is 0.350. The van der Waals surface area contributed by atoms with Crippen molar-refractivity contribution in [2.45, 2.75) is 31.5 Å². The molecule has 2 aromatic rings. The lowest BCUT2D eigenvalue weighted by Gasteiger charge is -2.25. The molecule has 2 N–H and O–H groups in total. The highest BCUT2D eigenvalue weighted by molar-refractivity contribution is 6.33. The van der Waals surface area contributed by atoms with Gasteiger partial charge in [0.05, 0.1) is 29.6 Å². The van der Waals surface area contributed by atoms with Crippen LogP contribution in [0.1, 0.15) is 40.5 Å². The highest BCUT2D eigenvalue weighted by Gasteiger charge is 2.33. The zero-order valence-corrected chi connectivity index (χ0v) is 16.6. The fourth-order valence-corrected chi connectivity index (χ4v) is 3.42. The predicted octanol–water partition coefficient (Wildman–Crippen LogP) is 4.31. The number of halogens is 5. The maximum atomic E-state index is 14.5. The molecule has 0 spiro atoms. The number of rotatable bonds is 4. The number of ether oxygens (including phenoxy) is 1. The van der Waals surface area contributed by atoms with E-state index in [4.69, 9.17) is 22.1 Å². The van der Waals surface area contributed by atoms with Crippen LogP contribution in [0.4, 0.5) is 17.6 Å². The number of amidine groups is 1. The molecule has 2 heterocycles. The van der Waals surface area contributed by atoms with Gasteiger partial charge in [0.2, 0.25) is 0 Å². The number of nitrogens with two attached hydrogens (primary N) is 1. The molecule has 0 saturated heterocycles. The molecule has 1 aliphatic heterocycles. The summed E-state index contributed by atoms with van der Waals surface area (Å²) in [5, 5.41) is -0.404. The lowest BCUT2D eigenvalue weighted by Crippen LogP contribution is -2.28. The van der Waals surface area contributed by atoms with Gasteiger partial charge in [0.25, 0.3) is 0 Å². The molecule has 0 bridgehead atoms. The number of ketones is 1. The smallest absolute Gasteiger partial charge is 0.387 e. The molecule has 1 aromatic heterocycles. The Labute approximate surface area is 174 Å². The number of Topliss-reactive ketones (excluding diaryl/α,β-unsaturated/α-hetero) is 1. The molecule has 5 nitrogen and oxygen atoms in total. The fourth-order valence-electron chi connectivity index (χ4n) is 3.15. The Morgan fingerprint density at radius 3 is 2.73 bits per heavy atom. The summed E-state index contributed by atoms with van der Waals surface area (Å²) in [4.78, 5) is 20.5. The number of carbonyl (C=O) groups is 1. The van der Waals surface area contributed by atoms with Crippen LogP contribution in [-0.4, -0.2) is 29.8 Å². The summed E-state index contributed by atoms with van der Waals surface area (Å²) >= 11 is 5.84. The van der Waals surface area contributed by atoms with E-state index in [1.807, 2.05) is 0 Å². The zero-order chi connectivity index (χ0) is 22.1. The van der Waals surface area contributed by atoms with Crippen molar-refractivity contribution in [3.63, 3.8) is 0 Å². The SMILES string of the molecule is C[C@@]1(c2cc(CC(=O)c3ncc(C(F)(F)F)cc3Cl)ccc2F)COCCC(N)=N1. The molecule has 10 heteroatoms. The summed E-state index contributed by atoms with van der Waals surface area (Å²) in [6.45, 7) is 2.14. The first-order chi connectivity index (χ1) is 14.0. The van der Waals surface area contributed by atoms with Crippen molar-refractivity contribution in [2.24, 2.45) is 10.7 Å². The van der Waals surface area contributed by atoms with Gasteiger partial charge in [-0.2, -0.15) is 13.2 Å². The van der Waals surface area contributed by atoms with Crippen molar-refractivity contribution in [3.8, 4) is 0 Å². The molecule has 160 valence electrons. The summed E-state index contributed by atoms with van der Waals surface area (Å²) in [6.07, 6.45) is -3.88. The number of alkyl halides is 3. The molecule has 1 atom stereocenters. The van der Waals surface area contributed by atoms with Crippen LogP contribution in [0.5, 0.6) is 0 Å². The molecule has 0 fully saturated rings. The largest absolute Gasteiger partial charge is 0.417 e. The van der Waals surface area contributed by atoms with E-state index in [2.05, 4.69) is 9.98 Å². The molecule has 0 unspecified atom stereocenters. The van der Waals surface area contributed by atoms with Crippen LogP contribution in [0.25, 0.3) is 0 Å². The van der Waals surface area contributed by atoms with E-state index >= 15 is 0 Å². The van der Waals surface area contributed by atoms with Gasteiger partial charge in [0.1, 0.15) is 17.1 Å². The lowest BCUT2D eigenvalue weighted by atomic mass is 9.90. The molecular formula is C20H18ClF4N3O2. The van der Waals surface area contributed by atoms with Crippen LogP contribution in [-0.2, 0) is 22.9 Å². The van der Waals surface area contributed by atoms with Crippen molar-refractivity contribution in [1.29, 1.82) is 0 Å². The minimum Gasteiger partial charge on any atom is -0.387 e. The van der Waals surface area contributed by atoms with Gasteiger partial charge in [-0.3, -0.25) is 14.8 Å². The molecule has 1 aliphatic rings. The maximum Gasteiger partial charge on any atom is 0.417 e. The van der Waals surface area contributed by atoms with E-state index in [1.54, 1.807) is 6.92 Å². The van der Waals surface area contributed by atoms with Crippen molar-refractivity contribution in [1.82, 2.24) is 4.98 Å². The second-order valence-corrected chi connectivity index (χ2v) is 7.55. The number of pyridine rings is 1. The average Bonchev–Trinajstić information content (AvgIpc) is 2.83. The summed E-state index contributed by atoms with van der Waals surface area (Å²) in [5.41, 5.74) is 4.05. The van der Waals surface area contributed by atoms with Crippen LogP contribution in [0.2, 0.25) is 5.02 Å². The number of carbonyl (C=O) groups excluding carboxylic acids is 1. The van der Waals surface area contributed by atoms with Gasteiger partial charge in [-0.15, -0.1) is 0 Å². The second-order valence-electron chi connectivity index (χ2n) is 7.15. The lowest BCUT2D eigenvalue weighted by molar-refractivity contribution is -0.137. The highest BCUT2D eigenvalue weighted by atomic mass is 35.5. The third-order valence-corrected chi connectivity index (χ3v) is 4.97. The Kier molecular flexibility index (Phi) is 6.14. The van der Waals surface area contributed by atoms with Crippen molar-refractivity contribution >= 4 is 23.2 Å². The molecule has 0 saturated carbocycles.